The number of ether oxygens (including phenoxy) is 1. The number of para-hydroxylation sites is 1. The number of hydrogen-bond acceptors (Lipinski definition) is 2. The lowest BCUT2D eigenvalue weighted by atomic mass is 9.89. The maximum absolute atomic E-state index is 12.1. The SMILES string of the molecule is CCC(Cc1ccccc1NC(=O)OC(C)(C)C)c1ccccc1. The molecular weight excluding hydrogens is 298 g/mol. The highest BCUT2D eigenvalue weighted by atomic mass is 16.6. The summed E-state index contributed by atoms with van der Waals surface area (Å²) in [6, 6.07) is 18.4. The van der Waals surface area contributed by atoms with Gasteiger partial charge in [0.05, 0.1) is 0 Å². The van der Waals surface area contributed by atoms with Gasteiger partial charge in [-0.3, -0.25) is 5.32 Å². The topological polar surface area (TPSA) is 38.3 Å². The minimum absolute atomic E-state index is 0.414. The Morgan fingerprint density at radius 3 is 2.29 bits per heavy atom. The van der Waals surface area contributed by atoms with Crippen molar-refractivity contribution in [3.05, 3.63) is 65.7 Å². The van der Waals surface area contributed by atoms with Gasteiger partial charge in [0.15, 0.2) is 0 Å². The average Bonchev–Trinajstić information content (AvgIpc) is 2.53. The summed E-state index contributed by atoms with van der Waals surface area (Å²) in [7, 11) is 0. The van der Waals surface area contributed by atoms with Crippen molar-refractivity contribution in [1.29, 1.82) is 0 Å². The fourth-order valence-corrected chi connectivity index (χ4v) is 2.72. The van der Waals surface area contributed by atoms with E-state index in [1.54, 1.807) is 0 Å². The van der Waals surface area contributed by atoms with Crippen molar-refractivity contribution >= 4 is 11.8 Å². The molecule has 0 saturated heterocycles. The zero-order chi connectivity index (χ0) is 17.6. The van der Waals surface area contributed by atoms with Crippen LogP contribution in [0.3, 0.4) is 0 Å². The minimum atomic E-state index is -0.505. The Bertz CT molecular complexity index is 659. The van der Waals surface area contributed by atoms with E-state index in [1.807, 2.05) is 45.0 Å². The molecule has 0 spiro atoms. The molecule has 1 unspecified atom stereocenters. The molecule has 3 nitrogen and oxygen atoms in total. The highest BCUT2D eigenvalue weighted by Crippen LogP contribution is 2.27. The molecule has 24 heavy (non-hydrogen) atoms. The van der Waals surface area contributed by atoms with Crippen LogP contribution in [0.25, 0.3) is 0 Å². The molecule has 1 atom stereocenters. The van der Waals surface area contributed by atoms with Crippen LogP contribution in [0, 0.1) is 0 Å². The van der Waals surface area contributed by atoms with Gasteiger partial charge in [-0.25, -0.2) is 4.79 Å². The van der Waals surface area contributed by atoms with Crippen LogP contribution in [0.4, 0.5) is 10.5 Å². The first-order valence-corrected chi connectivity index (χ1v) is 8.52. The summed E-state index contributed by atoms with van der Waals surface area (Å²) < 4.78 is 5.36. The van der Waals surface area contributed by atoms with Crippen molar-refractivity contribution in [3.8, 4) is 0 Å². The Hall–Kier alpha value is -2.29. The molecule has 1 amide bonds. The molecule has 0 saturated carbocycles. The fraction of sp³-hybridized carbons (Fsp3) is 0.381. The van der Waals surface area contributed by atoms with Gasteiger partial charge in [0.1, 0.15) is 5.60 Å². The number of amides is 1. The average molecular weight is 325 g/mol. The van der Waals surface area contributed by atoms with Crippen molar-refractivity contribution in [2.24, 2.45) is 0 Å². The Morgan fingerprint density at radius 2 is 1.67 bits per heavy atom. The molecule has 0 aliphatic rings. The molecule has 0 aliphatic heterocycles. The van der Waals surface area contributed by atoms with E-state index in [9.17, 15) is 4.79 Å². The lowest BCUT2D eigenvalue weighted by Crippen LogP contribution is -2.27. The number of carbonyl (C=O) groups is 1. The van der Waals surface area contributed by atoms with Crippen molar-refractivity contribution < 1.29 is 9.53 Å². The fourth-order valence-electron chi connectivity index (χ4n) is 2.72. The van der Waals surface area contributed by atoms with Gasteiger partial charge >= 0.3 is 6.09 Å². The monoisotopic (exact) mass is 325 g/mol. The van der Waals surface area contributed by atoms with Crippen molar-refractivity contribution in [3.63, 3.8) is 0 Å². The van der Waals surface area contributed by atoms with E-state index in [-0.39, 0.29) is 0 Å². The van der Waals surface area contributed by atoms with Crippen LogP contribution in [0.2, 0.25) is 0 Å². The maximum atomic E-state index is 12.1. The first-order chi connectivity index (χ1) is 11.4. The van der Waals surface area contributed by atoms with E-state index < -0.39 is 11.7 Å². The maximum Gasteiger partial charge on any atom is 0.412 e. The van der Waals surface area contributed by atoms with Crippen molar-refractivity contribution in [1.82, 2.24) is 0 Å². The van der Waals surface area contributed by atoms with E-state index in [1.165, 1.54) is 5.56 Å². The summed E-state index contributed by atoms with van der Waals surface area (Å²) in [5.41, 5.74) is 2.77. The van der Waals surface area contributed by atoms with Gasteiger partial charge in [-0.05, 0) is 56.7 Å². The van der Waals surface area contributed by atoms with Crippen molar-refractivity contribution in [2.45, 2.75) is 52.1 Å². The second-order valence-corrected chi connectivity index (χ2v) is 7.00. The van der Waals surface area contributed by atoms with Gasteiger partial charge in [0.2, 0.25) is 0 Å². The summed E-state index contributed by atoms with van der Waals surface area (Å²) in [5.74, 6) is 0.424. The standard InChI is InChI=1S/C21H27NO2/c1-5-16(17-11-7-6-8-12-17)15-18-13-9-10-14-19(18)22-20(23)24-21(2,3)4/h6-14,16H,5,15H2,1-4H3,(H,22,23). The molecule has 0 aliphatic carbocycles. The van der Waals surface area contributed by atoms with Crippen molar-refractivity contribution in [2.75, 3.05) is 5.32 Å². The zero-order valence-electron chi connectivity index (χ0n) is 15.0. The van der Waals surface area contributed by atoms with E-state index in [0.717, 1.165) is 24.1 Å². The lowest BCUT2D eigenvalue weighted by molar-refractivity contribution is 0.0636. The third-order valence-corrected chi connectivity index (χ3v) is 3.88. The highest BCUT2D eigenvalue weighted by Gasteiger charge is 2.18. The highest BCUT2D eigenvalue weighted by molar-refractivity contribution is 5.86. The van der Waals surface area contributed by atoms with Crippen LogP contribution in [-0.4, -0.2) is 11.7 Å². The summed E-state index contributed by atoms with van der Waals surface area (Å²) in [6.07, 6.45) is 1.51. The van der Waals surface area contributed by atoms with E-state index in [0.29, 0.717) is 5.92 Å². The van der Waals surface area contributed by atoms with E-state index in [2.05, 4.69) is 42.6 Å². The summed E-state index contributed by atoms with van der Waals surface area (Å²) in [5, 5.41) is 2.89. The number of benzene rings is 2. The van der Waals surface area contributed by atoms with Gasteiger partial charge in [-0.2, -0.15) is 0 Å². The van der Waals surface area contributed by atoms with Crippen LogP contribution in [-0.2, 0) is 11.2 Å². The van der Waals surface area contributed by atoms with E-state index >= 15 is 0 Å². The molecule has 3 heteroatoms. The molecule has 2 rings (SSSR count). The predicted molar refractivity (Wildman–Crippen MR) is 99.5 cm³/mol. The van der Waals surface area contributed by atoms with Crippen LogP contribution in [0.1, 0.15) is 51.2 Å². The van der Waals surface area contributed by atoms with Crippen LogP contribution < -0.4 is 5.32 Å². The molecule has 0 fully saturated rings. The van der Waals surface area contributed by atoms with Gasteiger partial charge in [-0.1, -0.05) is 55.5 Å². The number of anilines is 1. The van der Waals surface area contributed by atoms with Crippen LogP contribution in [0.15, 0.2) is 54.6 Å². The van der Waals surface area contributed by atoms with Crippen LogP contribution >= 0.6 is 0 Å². The Balaban J connectivity index is 2.15. The zero-order valence-corrected chi connectivity index (χ0v) is 15.0. The van der Waals surface area contributed by atoms with Crippen LogP contribution in [0.5, 0.6) is 0 Å². The largest absolute Gasteiger partial charge is 0.444 e. The summed E-state index contributed by atoms with van der Waals surface area (Å²) in [4.78, 5) is 12.1. The Kier molecular flexibility index (Phi) is 6.02. The number of nitrogens with one attached hydrogen (secondary N) is 1. The number of rotatable bonds is 5. The molecule has 0 aromatic heterocycles. The normalized spacial score (nSPS) is 12.5. The lowest BCUT2D eigenvalue weighted by Gasteiger charge is -2.21. The molecule has 0 radical (unpaired) electrons. The first-order valence-electron chi connectivity index (χ1n) is 8.52. The van der Waals surface area contributed by atoms with Gasteiger partial charge in [-0.15, -0.1) is 0 Å². The summed E-state index contributed by atoms with van der Waals surface area (Å²) in [6.45, 7) is 7.78. The second-order valence-electron chi connectivity index (χ2n) is 7.00. The third kappa shape index (κ3) is 5.41. The molecule has 0 heterocycles. The minimum Gasteiger partial charge on any atom is -0.444 e. The molecule has 2 aromatic rings. The number of hydrogen-bond donors (Lipinski definition) is 1. The number of carbonyl (C=O) groups excluding carboxylic acids is 1. The smallest absolute Gasteiger partial charge is 0.412 e. The van der Waals surface area contributed by atoms with E-state index in [4.69, 9.17) is 4.74 Å². The quantitative estimate of drug-likeness (QED) is 0.758. The predicted octanol–water partition coefficient (Wildman–Crippen LogP) is 5.77. The summed E-state index contributed by atoms with van der Waals surface area (Å²) >= 11 is 0. The Labute approximate surface area is 145 Å². The first kappa shape index (κ1) is 18.1. The van der Waals surface area contributed by atoms with Gasteiger partial charge in [0, 0.05) is 5.69 Å². The third-order valence-electron chi connectivity index (χ3n) is 3.88. The molecule has 1 N–H and O–H groups in total. The Morgan fingerprint density at radius 1 is 1.04 bits per heavy atom. The molecular formula is C21H27NO2. The van der Waals surface area contributed by atoms with Gasteiger partial charge in [0.25, 0.3) is 0 Å². The van der Waals surface area contributed by atoms with Gasteiger partial charge < -0.3 is 4.74 Å². The molecule has 2 aromatic carbocycles. The molecule has 128 valence electrons. The molecule has 0 bridgehead atoms. The second kappa shape index (κ2) is 8.00.